The van der Waals surface area contributed by atoms with Crippen LogP contribution in [-0.2, 0) is 9.47 Å². The van der Waals surface area contributed by atoms with E-state index in [-0.39, 0.29) is 19.3 Å². The Morgan fingerprint density at radius 3 is 2.44 bits per heavy atom. The maximum atomic E-state index is 9.23. The van der Waals surface area contributed by atoms with Gasteiger partial charge in [0.25, 0.3) is 0 Å². The van der Waals surface area contributed by atoms with E-state index in [0.717, 1.165) is 19.3 Å². The van der Waals surface area contributed by atoms with Crippen molar-refractivity contribution in [1.29, 1.82) is 0 Å². The molecule has 0 heterocycles. The highest BCUT2D eigenvalue weighted by Crippen LogP contribution is 2.13. The lowest BCUT2D eigenvalue weighted by atomic mass is 10.0. The zero-order valence-corrected chi connectivity index (χ0v) is 11.9. The number of ether oxygens (including phenoxy) is 2. The molecule has 0 saturated heterocycles. The van der Waals surface area contributed by atoms with E-state index >= 15 is 0 Å². The van der Waals surface area contributed by atoms with Gasteiger partial charge in [-0.25, -0.2) is 0 Å². The fourth-order valence-corrected chi connectivity index (χ4v) is 1.62. The highest BCUT2D eigenvalue weighted by Gasteiger charge is 2.07. The van der Waals surface area contributed by atoms with Gasteiger partial charge in [0.05, 0.1) is 12.4 Å². The summed E-state index contributed by atoms with van der Waals surface area (Å²) in [5, 5.41) is 9.23. The molecule has 18 heavy (non-hydrogen) atoms. The standard InChI is InChI=1S/C15H28O3/c1-13(2)8-6-5-7-9-15(10-16)11-17-12-18-14(3)4/h15-16H,1,3,5-12H2,2,4H3. The summed E-state index contributed by atoms with van der Waals surface area (Å²) in [4.78, 5) is 0. The Kier molecular flexibility index (Phi) is 10.8. The number of aliphatic hydroxyl groups excluding tert-OH is 1. The zero-order chi connectivity index (χ0) is 13.8. The van der Waals surface area contributed by atoms with Gasteiger partial charge >= 0.3 is 0 Å². The third kappa shape index (κ3) is 11.7. The predicted octanol–water partition coefficient (Wildman–Crippen LogP) is 3.65. The van der Waals surface area contributed by atoms with Crippen LogP contribution in [-0.4, -0.2) is 25.1 Å². The summed E-state index contributed by atoms with van der Waals surface area (Å²) < 4.78 is 10.4. The molecule has 3 heteroatoms. The number of hydrogen-bond donors (Lipinski definition) is 1. The van der Waals surface area contributed by atoms with Gasteiger partial charge < -0.3 is 14.6 Å². The average molecular weight is 256 g/mol. The molecule has 1 unspecified atom stereocenters. The van der Waals surface area contributed by atoms with E-state index in [2.05, 4.69) is 20.1 Å². The van der Waals surface area contributed by atoms with Crippen LogP contribution in [0.2, 0.25) is 0 Å². The van der Waals surface area contributed by atoms with Gasteiger partial charge in [-0.3, -0.25) is 0 Å². The number of hydrogen-bond acceptors (Lipinski definition) is 3. The molecule has 0 spiro atoms. The fourth-order valence-electron chi connectivity index (χ4n) is 1.62. The molecule has 106 valence electrons. The third-order valence-electron chi connectivity index (χ3n) is 2.72. The summed E-state index contributed by atoms with van der Waals surface area (Å²) in [6.45, 7) is 12.3. The number of aliphatic hydroxyl groups is 1. The van der Waals surface area contributed by atoms with Crippen molar-refractivity contribution in [1.82, 2.24) is 0 Å². The molecule has 0 aromatic carbocycles. The van der Waals surface area contributed by atoms with Gasteiger partial charge in [0.2, 0.25) is 0 Å². The molecule has 0 aromatic rings. The maximum Gasteiger partial charge on any atom is 0.188 e. The minimum atomic E-state index is 0.174. The van der Waals surface area contributed by atoms with E-state index < -0.39 is 0 Å². The Hall–Kier alpha value is -0.800. The second-order valence-electron chi connectivity index (χ2n) is 4.94. The van der Waals surface area contributed by atoms with Crippen molar-refractivity contribution >= 4 is 0 Å². The molecule has 0 aliphatic carbocycles. The predicted molar refractivity (Wildman–Crippen MR) is 75.2 cm³/mol. The molecular formula is C15H28O3. The van der Waals surface area contributed by atoms with Crippen molar-refractivity contribution < 1.29 is 14.6 Å². The Labute approximate surface area is 111 Å². The Balaban J connectivity index is 3.46. The van der Waals surface area contributed by atoms with Crippen LogP contribution in [0.25, 0.3) is 0 Å². The zero-order valence-electron chi connectivity index (χ0n) is 11.9. The molecule has 0 aliphatic heterocycles. The van der Waals surface area contributed by atoms with Gasteiger partial charge in [0.15, 0.2) is 6.79 Å². The van der Waals surface area contributed by atoms with Crippen molar-refractivity contribution in [3.05, 3.63) is 24.5 Å². The molecular weight excluding hydrogens is 228 g/mol. The van der Waals surface area contributed by atoms with Crippen LogP contribution in [0.3, 0.4) is 0 Å². The first kappa shape index (κ1) is 17.2. The minimum Gasteiger partial charge on any atom is -0.473 e. The maximum absolute atomic E-state index is 9.23. The monoisotopic (exact) mass is 256 g/mol. The molecule has 0 amide bonds. The minimum absolute atomic E-state index is 0.174. The Morgan fingerprint density at radius 2 is 1.89 bits per heavy atom. The lowest BCUT2D eigenvalue weighted by Crippen LogP contribution is -2.15. The van der Waals surface area contributed by atoms with Crippen LogP contribution >= 0.6 is 0 Å². The van der Waals surface area contributed by atoms with Crippen molar-refractivity contribution in [3.8, 4) is 0 Å². The largest absolute Gasteiger partial charge is 0.473 e. The SMILES string of the molecule is C=C(C)CCCCCC(CO)COCOC(=C)C. The van der Waals surface area contributed by atoms with E-state index in [1.165, 1.54) is 18.4 Å². The van der Waals surface area contributed by atoms with E-state index in [0.29, 0.717) is 12.4 Å². The van der Waals surface area contributed by atoms with Gasteiger partial charge in [-0.1, -0.05) is 25.0 Å². The van der Waals surface area contributed by atoms with Crippen molar-refractivity contribution in [2.45, 2.75) is 46.0 Å². The number of allylic oxidation sites excluding steroid dienone is 2. The lowest BCUT2D eigenvalue weighted by molar-refractivity contribution is -0.0432. The molecule has 0 rings (SSSR count). The molecule has 0 aromatic heterocycles. The topological polar surface area (TPSA) is 38.7 Å². The summed E-state index contributed by atoms with van der Waals surface area (Å²) in [6.07, 6.45) is 5.61. The molecule has 0 radical (unpaired) electrons. The van der Waals surface area contributed by atoms with E-state index in [1.807, 2.05) is 0 Å². The first-order valence-corrected chi connectivity index (χ1v) is 6.67. The highest BCUT2D eigenvalue weighted by atomic mass is 16.7. The summed E-state index contributed by atoms with van der Waals surface area (Å²) in [5.74, 6) is 0.860. The summed E-state index contributed by atoms with van der Waals surface area (Å²) in [6, 6.07) is 0. The summed E-state index contributed by atoms with van der Waals surface area (Å²) in [5.41, 5.74) is 1.24. The fraction of sp³-hybridized carbons (Fsp3) is 0.733. The first-order chi connectivity index (χ1) is 8.56. The normalized spacial score (nSPS) is 12.2. The summed E-state index contributed by atoms with van der Waals surface area (Å²) >= 11 is 0. The van der Waals surface area contributed by atoms with Crippen LogP contribution in [0.1, 0.15) is 46.0 Å². The highest BCUT2D eigenvalue weighted by molar-refractivity contribution is 4.87. The summed E-state index contributed by atoms with van der Waals surface area (Å²) in [7, 11) is 0. The Bertz CT molecular complexity index is 236. The van der Waals surface area contributed by atoms with Crippen LogP contribution in [0, 0.1) is 5.92 Å². The second-order valence-corrected chi connectivity index (χ2v) is 4.94. The average Bonchev–Trinajstić information content (AvgIpc) is 2.30. The lowest BCUT2D eigenvalue weighted by Gasteiger charge is -2.14. The van der Waals surface area contributed by atoms with E-state index in [9.17, 15) is 5.11 Å². The molecule has 0 aliphatic rings. The quantitative estimate of drug-likeness (QED) is 0.251. The van der Waals surface area contributed by atoms with Crippen LogP contribution in [0.5, 0.6) is 0 Å². The van der Waals surface area contributed by atoms with Gasteiger partial charge in [-0.2, -0.15) is 0 Å². The van der Waals surface area contributed by atoms with Crippen LogP contribution < -0.4 is 0 Å². The molecule has 1 atom stereocenters. The van der Waals surface area contributed by atoms with Crippen molar-refractivity contribution in [2.24, 2.45) is 5.92 Å². The second kappa shape index (κ2) is 11.3. The number of unbranched alkanes of at least 4 members (excludes halogenated alkanes) is 2. The van der Waals surface area contributed by atoms with Gasteiger partial charge in [-0.05, 0) is 33.1 Å². The first-order valence-electron chi connectivity index (χ1n) is 6.67. The molecule has 0 bridgehead atoms. The van der Waals surface area contributed by atoms with Crippen molar-refractivity contribution in [2.75, 3.05) is 20.0 Å². The van der Waals surface area contributed by atoms with Gasteiger partial charge in [0.1, 0.15) is 0 Å². The molecule has 0 saturated carbocycles. The van der Waals surface area contributed by atoms with Gasteiger partial charge in [-0.15, -0.1) is 6.58 Å². The molecule has 3 nitrogen and oxygen atoms in total. The smallest absolute Gasteiger partial charge is 0.188 e. The van der Waals surface area contributed by atoms with Crippen LogP contribution in [0.15, 0.2) is 24.5 Å². The molecule has 0 fully saturated rings. The van der Waals surface area contributed by atoms with Gasteiger partial charge in [0, 0.05) is 12.5 Å². The third-order valence-corrected chi connectivity index (χ3v) is 2.72. The Morgan fingerprint density at radius 1 is 1.17 bits per heavy atom. The van der Waals surface area contributed by atoms with E-state index in [4.69, 9.17) is 9.47 Å². The van der Waals surface area contributed by atoms with Crippen molar-refractivity contribution in [3.63, 3.8) is 0 Å². The van der Waals surface area contributed by atoms with Crippen LogP contribution in [0.4, 0.5) is 0 Å². The number of rotatable bonds is 12. The molecule has 1 N–H and O–H groups in total. The van der Waals surface area contributed by atoms with E-state index in [1.54, 1.807) is 6.92 Å².